The average Bonchev–Trinajstić information content (AvgIpc) is 2.23. The lowest BCUT2D eigenvalue weighted by Crippen LogP contribution is -1.86. The van der Waals surface area contributed by atoms with Crippen molar-refractivity contribution in [2.75, 3.05) is 7.11 Å². The molecule has 2 N–H and O–H groups in total. The van der Waals surface area contributed by atoms with Gasteiger partial charge in [-0.1, -0.05) is 13.8 Å². The highest BCUT2D eigenvalue weighted by Crippen LogP contribution is 2.31. The van der Waals surface area contributed by atoms with E-state index in [9.17, 15) is 4.79 Å². The van der Waals surface area contributed by atoms with Crippen molar-refractivity contribution in [1.82, 2.24) is 0 Å². The van der Waals surface area contributed by atoms with Crippen molar-refractivity contribution in [2.45, 2.75) is 13.8 Å². The van der Waals surface area contributed by atoms with Crippen LogP contribution < -0.4 is 4.74 Å². The maximum Gasteiger partial charge on any atom is 0.164 e. The molecule has 1 aromatic rings. The highest BCUT2D eigenvalue weighted by Gasteiger charge is 2.07. The molecule has 0 aromatic heterocycles. The highest BCUT2D eigenvalue weighted by atomic mass is 16.5. The van der Waals surface area contributed by atoms with Gasteiger partial charge in [0.25, 0.3) is 0 Å². The number of carbonyl (C=O) groups excluding carboxylic acids is 1. The number of carbonyl (C=O) groups is 1. The van der Waals surface area contributed by atoms with E-state index in [2.05, 4.69) is 0 Å². The Morgan fingerprint density at radius 3 is 2.21 bits per heavy atom. The molecule has 14 heavy (non-hydrogen) atoms. The minimum atomic E-state index is -0.209. The molecule has 0 unspecified atom stereocenters. The molecule has 1 rings (SSSR count). The van der Waals surface area contributed by atoms with Crippen LogP contribution in [0, 0.1) is 0 Å². The number of hydrogen-bond donors (Lipinski definition) is 2. The fraction of sp³-hybridized carbons (Fsp3) is 0.300. The third-order valence-corrected chi connectivity index (χ3v) is 1.46. The van der Waals surface area contributed by atoms with Gasteiger partial charge in [-0.25, -0.2) is 0 Å². The van der Waals surface area contributed by atoms with Gasteiger partial charge in [0.05, 0.1) is 12.7 Å². The highest BCUT2D eigenvalue weighted by molar-refractivity contribution is 5.80. The van der Waals surface area contributed by atoms with Crippen LogP contribution in [0.5, 0.6) is 17.2 Å². The van der Waals surface area contributed by atoms with Crippen LogP contribution in [0.25, 0.3) is 0 Å². The van der Waals surface area contributed by atoms with Crippen molar-refractivity contribution < 1.29 is 19.7 Å². The molecule has 4 nitrogen and oxygen atoms in total. The largest absolute Gasteiger partial charge is 0.507 e. The van der Waals surface area contributed by atoms with Crippen LogP contribution in [-0.4, -0.2) is 23.6 Å². The zero-order valence-corrected chi connectivity index (χ0v) is 8.44. The summed E-state index contributed by atoms with van der Waals surface area (Å²) in [5, 5.41) is 18.3. The first-order valence-electron chi connectivity index (χ1n) is 4.24. The van der Waals surface area contributed by atoms with Gasteiger partial charge in [0.1, 0.15) is 5.75 Å². The van der Waals surface area contributed by atoms with E-state index < -0.39 is 0 Å². The Hall–Kier alpha value is -1.71. The average molecular weight is 198 g/mol. The topological polar surface area (TPSA) is 66.8 Å². The van der Waals surface area contributed by atoms with Crippen LogP contribution in [-0.2, 0) is 0 Å². The first kappa shape index (κ1) is 12.3. The maximum atomic E-state index is 10.3. The van der Waals surface area contributed by atoms with E-state index in [1.54, 1.807) is 0 Å². The standard InChI is InChI=1S/C8H8O4.C2H6/c1-12-8-3-6(10)5(4-9)2-7(8)11;1-2/h2-4,10-11H,1H3;1-2H3. The van der Waals surface area contributed by atoms with Crippen LogP contribution >= 0.6 is 0 Å². The third-order valence-electron chi connectivity index (χ3n) is 1.46. The summed E-state index contributed by atoms with van der Waals surface area (Å²) in [5.74, 6) is -0.241. The molecule has 0 saturated carbocycles. The zero-order valence-electron chi connectivity index (χ0n) is 8.44. The van der Waals surface area contributed by atoms with Gasteiger partial charge in [-0.15, -0.1) is 0 Å². The SMILES string of the molecule is CC.COc1cc(O)c(C=O)cc1O. The Kier molecular flexibility index (Phi) is 5.14. The molecule has 0 bridgehead atoms. The number of phenols is 2. The number of rotatable bonds is 2. The summed E-state index contributed by atoms with van der Waals surface area (Å²) in [5.41, 5.74) is 0.0355. The molecule has 0 atom stereocenters. The van der Waals surface area contributed by atoms with Crippen LogP contribution in [0.4, 0.5) is 0 Å². The van der Waals surface area contributed by atoms with Gasteiger partial charge in [-0.05, 0) is 6.07 Å². The van der Waals surface area contributed by atoms with Crippen molar-refractivity contribution in [2.24, 2.45) is 0 Å². The molecule has 4 heteroatoms. The van der Waals surface area contributed by atoms with Gasteiger partial charge in [0, 0.05) is 6.07 Å². The van der Waals surface area contributed by atoms with Gasteiger partial charge in [-0.2, -0.15) is 0 Å². The van der Waals surface area contributed by atoms with Crippen LogP contribution in [0.15, 0.2) is 12.1 Å². The van der Waals surface area contributed by atoms with E-state index in [1.165, 1.54) is 13.2 Å². The first-order valence-corrected chi connectivity index (χ1v) is 4.24. The number of aromatic hydroxyl groups is 2. The summed E-state index contributed by atoms with van der Waals surface area (Å²) < 4.78 is 4.70. The molecule has 0 fully saturated rings. The predicted octanol–water partition coefficient (Wildman–Crippen LogP) is 1.95. The molecule has 0 aliphatic rings. The summed E-state index contributed by atoms with van der Waals surface area (Å²) in [6, 6.07) is 2.32. The number of methoxy groups -OCH3 is 1. The Labute approximate surface area is 82.8 Å². The van der Waals surface area contributed by atoms with Gasteiger partial charge in [0.2, 0.25) is 0 Å². The minimum Gasteiger partial charge on any atom is -0.507 e. The number of hydrogen-bond acceptors (Lipinski definition) is 4. The second-order valence-electron chi connectivity index (χ2n) is 2.20. The summed E-state index contributed by atoms with van der Waals surface area (Å²) in [6.07, 6.45) is 0.453. The van der Waals surface area contributed by atoms with Crippen molar-refractivity contribution in [1.29, 1.82) is 0 Å². The zero-order chi connectivity index (χ0) is 11.1. The van der Waals surface area contributed by atoms with E-state index in [1.807, 2.05) is 13.8 Å². The molecule has 0 aliphatic heterocycles. The van der Waals surface area contributed by atoms with E-state index in [-0.39, 0.29) is 22.8 Å². The fourth-order valence-corrected chi connectivity index (χ4v) is 0.832. The van der Waals surface area contributed by atoms with E-state index in [4.69, 9.17) is 14.9 Å². The van der Waals surface area contributed by atoms with Gasteiger partial charge >= 0.3 is 0 Å². The smallest absolute Gasteiger partial charge is 0.164 e. The summed E-state index contributed by atoms with van der Waals surface area (Å²) in [6.45, 7) is 4.00. The number of ether oxygens (including phenoxy) is 1. The molecular weight excluding hydrogens is 184 g/mol. The first-order chi connectivity index (χ1) is 6.69. The van der Waals surface area contributed by atoms with Crippen molar-refractivity contribution >= 4 is 6.29 Å². The minimum absolute atomic E-state index is 0.0355. The molecule has 78 valence electrons. The summed E-state index contributed by atoms with van der Waals surface area (Å²) in [4.78, 5) is 10.3. The number of phenolic OH excluding ortho intramolecular Hbond substituents is 2. The van der Waals surface area contributed by atoms with Crippen LogP contribution in [0.2, 0.25) is 0 Å². The summed E-state index contributed by atoms with van der Waals surface area (Å²) in [7, 11) is 1.36. The van der Waals surface area contributed by atoms with Gasteiger partial charge in [0.15, 0.2) is 17.8 Å². The molecule has 0 aliphatic carbocycles. The second kappa shape index (κ2) is 5.85. The molecule has 0 saturated heterocycles. The quantitative estimate of drug-likeness (QED) is 0.563. The third kappa shape index (κ3) is 2.65. The van der Waals surface area contributed by atoms with E-state index >= 15 is 0 Å². The van der Waals surface area contributed by atoms with Crippen molar-refractivity contribution in [3.63, 3.8) is 0 Å². The lowest BCUT2D eigenvalue weighted by Gasteiger charge is -2.04. The Balaban J connectivity index is 0.000000791. The Morgan fingerprint density at radius 2 is 1.79 bits per heavy atom. The molecule has 0 heterocycles. The monoisotopic (exact) mass is 198 g/mol. The van der Waals surface area contributed by atoms with Crippen molar-refractivity contribution in [3.8, 4) is 17.2 Å². The predicted molar refractivity (Wildman–Crippen MR) is 53.1 cm³/mol. The summed E-state index contributed by atoms with van der Waals surface area (Å²) >= 11 is 0. The number of aldehydes is 1. The van der Waals surface area contributed by atoms with E-state index in [0.29, 0.717) is 6.29 Å². The Bertz CT molecular complexity index is 307. The fourth-order valence-electron chi connectivity index (χ4n) is 0.832. The molecular formula is C10H14O4. The second-order valence-corrected chi connectivity index (χ2v) is 2.20. The molecule has 0 spiro atoms. The maximum absolute atomic E-state index is 10.3. The van der Waals surface area contributed by atoms with Crippen LogP contribution in [0.1, 0.15) is 24.2 Å². The van der Waals surface area contributed by atoms with Gasteiger partial charge in [-0.3, -0.25) is 4.79 Å². The van der Waals surface area contributed by atoms with Crippen molar-refractivity contribution in [3.05, 3.63) is 17.7 Å². The molecule has 0 radical (unpaired) electrons. The Morgan fingerprint density at radius 1 is 1.21 bits per heavy atom. The normalized spacial score (nSPS) is 8.50. The number of benzene rings is 1. The lowest BCUT2D eigenvalue weighted by atomic mass is 10.2. The van der Waals surface area contributed by atoms with E-state index in [0.717, 1.165) is 6.07 Å². The molecule has 1 aromatic carbocycles. The lowest BCUT2D eigenvalue weighted by molar-refractivity contribution is 0.112. The van der Waals surface area contributed by atoms with Crippen LogP contribution in [0.3, 0.4) is 0 Å². The van der Waals surface area contributed by atoms with Gasteiger partial charge < -0.3 is 14.9 Å². The molecule has 0 amide bonds.